The Labute approximate surface area is 164 Å². The van der Waals surface area contributed by atoms with Crippen molar-refractivity contribution >= 4 is 29.5 Å². The highest BCUT2D eigenvalue weighted by atomic mass is 35.5. The summed E-state index contributed by atoms with van der Waals surface area (Å²) in [5.41, 5.74) is 1.88. The van der Waals surface area contributed by atoms with E-state index in [1.165, 1.54) is 0 Å². The van der Waals surface area contributed by atoms with Gasteiger partial charge in [-0.3, -0.25) is 0 Å². The second-order valence-electron chi connectivity index (χ2n) is 6.31. The lowest BCUT2D eigenvalue weighted by molar-refractivity contribution is 0.105. The van der Waals surface area contributed by atoms with E-state index in [1.54, 1.807) is 4.90 Å². The number of halogens is 1. The van der Waals surface area contributed by atoms with Crippen LogP contribution in [-0.4, -0.2) is 53.7 Å². The number of anilines is 2. The summed E-state index contributed by atoms with van der Waals surface area (Å²) in [5, 5.41) is 3.96. The molecule has 1 amide bonds. The van der Waals surface area contributed by atoms with E-state index < -0.39 is 0 Å². The van der Waals surface area contributed by atoms with Crippen molar-refractivity contribution in [2.45, 2.75) is 20.4 Å². The average molecular weight is 390 g/mol. The summed E-state index contributed by atoms with van der Waals surface area (Å²) < 4.78 is 5.07. The fourth-order valence-electron chi connectivity index (χ4n) is 2.94. The summed E-state index contributed by atoms with van der Waals surface area (Å²) >= 11 is 6.20. The largest absolute Gasteiger partial charge is 0.450 e. The predicted octanol–water partition coefficient (Wildman–Crippen LogP) is 3.33. The van der Waals surface area contributed by atoms with Gasteiger partial charge >= 0.3 is 6.09 Å². The first-order chi connectivity index (χ1) is 13.1. The Hall–Kier alpha value is -2.54. The molecule has 0 aliphatic carbocycles. The minimum atomic E-state index is -0.252. The number of nitrogens with zero attached hydrogens (tertiary/aromatic N) is 4. The van der Waals surface area contributed by atoms with Crippen molar-refractivity contribution in [2.24, 2.45) is 0 Å². The number of ether oxygens (including phenoxy) is 1. The van der Waals surface area contributed by atoms with Crippen LogP contribution in [0.4, 0.5) is 16.6 Å². The third kappa shape index (κ3) is 5.01. The van der Waals surface area contributed by atoms with Crippen LogP contribution in [-0.2, 0) is 11.3 Å². The molecule has 1 saturated heterocycles. The van der Waals surface area contributed by atoms with E-state index in [0.29, 0.717) is 50.3 Å². The van der Waals surface area contributed by atoms with Gasteiger partial charge in [0.1, 0.15) is 5.82 Å². The van der Waals surface area contributed by atoms with Crippen LogP contribution in [0, 0.1) is 6.92 Å². The van der Waals surface area contributed by atoms with Gasteiger partial charge in [-0.2, -0.15) is 4.98 Å². The second kappa shape index (κ2) is 8.90. The smallest absolute Gasteiger partial charge is 0.409 e. The molecule has 0 radical (unpaired) electrons. The molecule has 0 atom stereocenters. The summed E-state index contributed by atoms with van der Waals surface area (Å²) in [6.45, 7) is 7.35. The minimum Gasteiger partial charge on any atom is -0.450 e. The summed E-state index contributed by atoms with van der Waals surface area (Å²) in [6.07, 6.45) is -0.252. The molecule has 144 valence electrons. The predicted molar refractivity (Wildman–Crippen MR) is 106 cm³/mol. The number of aromatic nitrogens is 2. The van der Waals surface area contributed by atoms with Crippen molar-refractivity contribution < 1.29 is 9.53 Å². The van der Waals surface area contributed by atoms with Gasteiger partial charge in [0.25, 0.3) is 0 Å². The maximum Gasteiger partial charge on any atom is 0.409 e. The van der Waals surface area contributed by atoms with Gasteiger partial charge in [-0.15, -0.1) is 0 Å². The van der Waals surface area contributed by atoms with Gasteiger partial charge in [-0.25, -0.2) is 9.78 Å². The van der Waals surface area contributed by atoms with Gasteiger partial charge in [0, 0.05) is 49.5 Å². The minimum absolute atomic E-state index is 0.252. The van der Waals surface area contributed by atoms with E-state index in [9.17, 15) is 4.79 Å². The first kappa shape index (κ1) is 19.2. The number of benzene rings is 1. The number of rotatable bonds is 5. The van der Waals surface area contributed by atoms with Crippen molar-refractivity contribution in [2.75, 3.05) is 43.0 Å². The molecule has 7 nitrogen and oxygen atoms in total. The topological polar surface area (TPSA) is 70.6 Å². The van der Waals surface area contributed by atoms with Crippen LogP contribution in [0.15, 0.2) is 30.3 Å². The highest BCUT2D eigenvalue weighted by Gasteiger charge is 2.23. The van der Waals surface area contributed by atoms with E-state index in [2.05, 4.69) is 20.2 Å². The molecule has 0 bridgehead atoms. The lowest BCUT2D eigenvalue weighted by atomic mass is 10.2. The Kier molecular flexibility index (Phi) is 6.34. The molecule has 1 aromatic carbocycles. The van der Waals surface area contributed by atoms with Crippen LogP contribution in [0.25, 0.3) is 0 Å². The first-order valence-corrected chi connectivity index (χ1v) is 9.44. The molecule has 2 aromatic rings. The molecule has 1 aromatic heterocycles. The highest BCUT2D eigenvalue weighted by Crippen LogP contribution is 2.19. The lowest BCUT2D eigenvalue weighted by Crippen LogP contribution is -2.49. The number of hydrogen-bond donors (Lipinski definition) is 1. The first-order valence-electron chi connectivity index (χ1n) is 9.06. The number of amides is 1. The van der Waals surface area contributed by atoms with Crippen LogP contribution < -0.4 is 10.2 Å². The number of carbonyl (C=O) groups excluding carboxylic acids is 1. The second-order valence-corrected chi connectivity index (χ2v) is 6.72. The number of aryl methyl sites for hydroxylation is 1. The Morgan fingerprint density at radius 1 is 1.22 bits per heavy atom. The van der Waals surface area contributed by atoms with E-state index >= 15 is 0 Å². The zero-order valence-corrected chi connectivity index (χ0v) is 16.4. The van der Waals surface area contributed by atoms with E-state index in [1.807, 2.05) is 44.2 Å². The number of piperazine rings is 1. The third-order valence-electron chi connectivity index (χ3n) is 4.37. The fourth-order valence-corrected chi connectivity index (χ4v) is 3.14. The highest BCUT2D eigenvalue weighted by molar-refractivity contribution is 6.31. The number of hydrogen-bond acceptors (Lipinski definition) is 6. The molecule has 0 spiro atoms. The number of carbonyl (C=O) groups is 1. The van der Waals surface area contributed by atoms with Gasteiger partial charge in [-0.05, 0) is 25.5 Å². The maximum atomic E-state index is 11.8. The van der Waals surface area contributed by atoms with Crippen molar-refractivity contribution in [3.8, 4) is 0 Å². The SMILES string of the molecule is CCOC(=O)N1CCN(c2cc(C)nc(NCc3ccccc3Cl)n2)CC1. The third-order valence-corrected chi connectivity index (χ3v) is 4.73. The zero-order chi connectivity index (χ0) is 19.2. The van der Waals surface area contributed by atoms with Gasteiger partial charge in [0.2, 0.25) is 5.95 Å². The lowest BCUT2D eigenvalue weighted by Gasteiger charge is -2.34. The van der Waals surface area contributed by atoms with Gasteiger partial charge < -0.3 is 19.9 Å². The van der Waals surface area contributed by atoms with Crippen molar-refractivity contribution in [1.82, 2.24) is 14.9 Å². The van der Waals surface area contributed by atoms with Crippen molar-refractivity contribution in [1.29, 1.82) is 0 Å². The Bertz CT molecular complexity index is 793. The summed E-state index contributed by atoms with van der Waals surface area (Å²) in [7, 11) is 0. The summed E-state index contributed by atoms with van der Waals surface area (Å²) in [4.78, 5) is 24.8. The van der Waals surface area contributed by atoms with Gasteiger partial charge in [0.15, 0.2) is 0 Å². The Balaban J connectivity index is 1.64. The average Bonchev–Trinajstić information content (AvgIpc) is 2.67. The van der Waals surface area contributed by atoms with E-state index in [-0.39, 0.29) is 6.09 Å². The fraction of sp³-hybridized carbons (Fsp3) is 0.421. The molecular formula is C19H24ClN5O2. The van der Waals surface area contributed by atoms with Crippen LogP contribution >= 0.6 is 11.6 Å². The van der Waals surface area contributed by atoms with E-state index in [0.717, 1.165) is 17.1 Å². The van der Waals surface area contributed by atoms with Crippen LogP contribution in [0.2, 0.25) is 5.02 Å². The van der Waals surface area contributed by atoms with Crippen LogP contribution in [0.3, 0.4) is 0 Å². The van der Waals surface area contributed by atoms with Gasteiger partial charge in [0.05, 0.1) is 6.61 Å². The zero-order valence-electron chi connectivity index (χ0n) is 15.6. The molecule has 8 heteroatoms. The van der Waals surface area contributed by atoms with Crippen LogP contribution in [0.5, 0.6) is 0 Å². The molecular weight excluding hydrogens is 366 g/mol. The van der Waals surface area contributed by atoms with Crippen LogP contribution in [0.1, 0.15) is 18.2 Å². The monoisotopic (exact) mass is 389 g/mol. The molecule has 1 fully saturated rings. The number of nitrogens with one attached hydrogen (secondary N) is 1. The molecule has 1 aliphatic rings. The molecule has 2 heterocycles. The summed E-state index contributed by atoms with van der Waals surface area (Å²) in [6, 6.07) is 9.66. The molecule has 3 rings (SSSR count). The molecule has 1 N–H and O–H groups in total. The quantitative estimate of drug-likeness (QED) is 0.845. The molecule has 0 unspecified atom stereocenters. The summed E-state index contributed by atoms with van der Waals surface area (Å²) in [5.74, 6) is 1.42. The Morgan fingerprint density at radius 2 is 1.96 bits per heavy atom. The standard InChI is InChI=1S/C19H24ClN5O2/c1-3-27-19(26)25-10-8-24(9-11-25)17-12-14(2)22-18(23-17)21-13-15-6-4-5-7-16(15)20/h4-7,12H,3,8-11,13H2,1-2H3,(H,21,22,23). The molecule has 0 saturated carbocycles. The van der Waals surface area contributed by atoms with Crippen molar-refractivity contribution in [3.63, 3.8) is 0 Å². The van der Waals surface area contributed by atoms with E-state index in [4.69, 9.17) is 16.3 Å². The molecule has 1 aliphatic heterocycles. The maximum absolute atomic E-state index is 11.8. The van der Waals surface area contributed by atoms with Gasteiger partial charge in [-0.1, -0.05) is 29.8 Å². The van der Waals surface area contributed by atoms with Crippen molar-refractivity contribution in [3.05, 3.63) is 46.6 Å². The molecule has 27 heavy (non-hydrogen) atoms. The normalized spacial score (nSPS) is 14.2. The Morgan fingerprint density at radius 3 is 2.67 bits per heavy atom.